The third kappa shape index (κ3) is 4.31. The van der Waals surface area contributed by atoms with Crippen molar-refractivity contribution in [3.05, 3.63) is 48.3 Å². The van der Waals surface area contributed by atoms with E-state index in [0.29, 0.717) is 25.2 Å². The molecule has 0 aliphatic carbocycles. The third-order valence-electron chi connectivity index (χ3n) is 4.49. The van der Waals surface area contributed by atoms with Crippen molar-refractivity contribution in [3.8, 4) is 0 Å². The fourth-order valence-electron chi connectivity index (χ4n) is 3.02. The first-order valence-corrected chi connectivity index (χ1v) is 10.3. The number of benzene rings is 1. The molecule has 1 aliphatic rings. The first-order valence-electron chi connectivity index (χ1n) is 8.82. The van der Waals surface area contributed by atoms with Crippen LogP contribution in [0.4, 0.5) is 0 Å². The highest BCUT2D eigenvalue weighted by Gasteiger charge is 2.27. The van der Waals surface area contributed by atoms with E-state index in [-0.39, 0.29) is 16.7 Å². The maximum atomic E-state index is 12.5. The molecule has 1 unspecified atom stereocenters. The summed E-state index contributed by atoms with van der Waals surface area (Å²) in [5, 5.41) is 7.03. The SMILES string of the molecule is CC(CNC(=O)c1ccc(S(=O)(=O)N2CCCC2)cc1)Cn1cccn1. The highest BCUT2D eigenvalue weighted by molar-refractivity contribution is 7.89. The summed E-state index contributed by atoms with van der Waals surface area (Å²) >= 11 is 0. The number of amides is 1. The van der Waals surface area contributed by atoms with Crippen LogP contribution >= 0.6 is 0 Å². The molecule has 2 heterocycles. The molecule has 0 saturated carbocycles. The topological polar surface area (TPSA) is 84.3 Å². The van der Waals surface area contributed by atoms with Crippen molar-refractivity contribution in [3.63, 3.8) is 0 Å². The van der Waals surface area contributed by atoms with Gasteiger partial charge in [-0.3, -0.25) is 9.48 Å². The van der Waals surface area contributed by atoms with E-state index in [9.17, 15) is 13.2 Å². The lowest BCUT2D eigenvalue weighted by Crippen LogP contribution is -2.30. The number of hydrogen-bond donors (Lipinski definition) is 1. The van der Waals surface area contributed by atoms with Crippen molar-refractivity contribution < 1.29 is 13.2 Å². The molecule has 1 saturated heterocycles. The molecule has 3 rings (SSSR count). The van der Waals surface area contributed by atoms with Crippen LogP contribution in [0.25, 0.3) is 0 Å². The minimum atomic E-state index is -3.44. The third-order valence-corrected chi connectivity index (χ3v) is 6.40. The second kappa shape index (κ2) is 8.01. The molecular formula is C18H24N4O3S. The number of nitrogens with one attached hydrogen (secondary N) is 1. The van der Waals surface area contributed by atoms with Crippen molar-refractivity contribution >= 4 is 15.9 Å². The van der Waals surface area contributed by atoms with Gasteiger partial charge in [0.05, 0.1) is 4.90 Å². The molecule has 7 nitrogen and oxygen atoms in total. The van der Waals surface area contributed by atoms with E-state index >= 15 is 0 Å². The lowest BCUT2D eigenvalue weighted by atomic mass is 10.1. The molecule has 8 heteroatoms. The first kappa shape index (κ1) is 18.6. The molecule has 140 valence electrons. The van der Waals surface area contributed by atoms with E-state index in [1.807, 2.05) is 23.9 Å². The number of nitrogens with zero attached hydrogens (tertiary/aromatic N) is 3. The summed E-state index contributed by atoms with van der Waals surface area (Å²) in [6.07, 6.45) is 5.41. The molecule has 1 N–H and O–H groups in total. The fraction of sp³-hybridized carbons (Fsp3) is 0.444. The quantitative estimate of drug-likeness (QED) is 0.798. The second-order valence-corrected chi connectivity index (χ2v) is 8.62. The van der Waals surface area contributed by atoms with Crippen molar-refractivity contribution in [1.29, 1.82) is 0 Å². The number of sulfonamides is 1. The zero-order valence-corrected chi connectivity index (χ0v) is 15.7. The fourth-order valence-corrected chi connectivity index (χ4v) is 4.53. The van der Waals surface area contributed by atoms with Crippen LogP contribution in [0.3, 0.4) is 0 Å². The van der Waals surface area contributed by atoms with Gasteiger partial charge >= 0.3 is 0 Å². The van der Waals surface area contributed by atoms with Gasteiger partial charge in [0.25, 0.3) is 5.91 Å². The number of hydrogen-bond acceptors (Lipinski definition) is 4. The number of rotatable bonds is 7. The first-order chi connectivity index (χ1) is 12.5. The zero-order valence-electron chi connectivity index (χ0n) is 14.8. The molecule has 1 aliphatic heterocycles. The van der Waals surface area contributed by atoms with Gasteiger partial charge in [-0.05, 0) is 49.1 Å². The largest absolute Gasteiger partial charge is 0.352 e. The summed E-state index contributed by atoms with van der Waals surface area (Å²) < 4.78 is 28.3. The van der Waals surface area contributed by atoms with Crippen LogP contribution in [0.1, 0.15) is 30.1 Å². The summed E-state index contributed by atoms with van der Waals surface area (Å²) in [5.74, 6) is 0.0242. The van der Waals surface area contributed by atoms with E-state index in [2.05, 4.69) is 10.4 Å². The molecule has 0 radical (unpaired) electrons. The van der Waals surface area contributed by atoms with Gasteiger partial charge in [0.15, 0.2) is 0 Å². The predicted octanol–water partition coefficient (Wildman–Crippen LogP) is 1.73. The van der Waals surface area contributed by atoms with E-state index in [1.165, 1.54) is 16.4 Å². The van der Waals surface area contributed by atoms with Crippen LogP contribution in [-0.4, -0.2) is 48.0 Å². The van der Waals surface area contributed by atoms with E-state index in [4.69, 9.17) is 0 Å². The van der Waals surface area contributed by atoms with E-state index < -0.39 is 10.0 Å². The van der Waals surface area contributed by atoms with Crippen molar-refractivity contribution in [2.45, 2.75) is 31.2 Å². The normalized spacial score (nSPS) is 16.5. The molecule has 1 aromatic heterocycles. The maximum Gasteiger partial charge on any atom is 0.251 e. The molecule has 1 aromatic carbocycles. The van der Waals surface area contributed by atoms with Crippen LogP contribution < -0.4 is 5.32 Å². The molecule has 0 spiro atoms. The predicted molar refractivity (Wildman–Crippen MR) is 98.2 cm³/mol. The molecule has 2 aromatic rings. The summed E-state index contributed by atoms with van der Waals surface area (Å²) in [7, 11) is -3.44. The Balaban J connectivity index is 1.56. The van der Waals surface area contributed by atoms with Gasteiger partial charge in [-0.2, -0.15) is 9.40 Å². The van der Waals surface area contributed by atoms with Crippen molar-refractivity contribution in [1.82, 2.24) is 19.4 Å². The lowest BCUT2D eigenvalue weighted by Gasteiger charge is -2.16. The smallest absolute Gasteiger partial charge is 0.251 e. The van der Waals surface area contributed by atoms with Crippen molar-refractivity contribution in [2.24, 2.45) is 5.92 Å². The number of aromatic nitrogens is 2. The minimum absolute atomic E-state index is 0.206. The van der Waals surface area contributed by atoms with Gasteiger partial charge in [-0.1, -0.05) is 6.92 Å². The Morgan fingerprint density at radius 1 is 1.23 bits per heavy atom. The summed E-state index contributed by atoms with van der Waals surface area (Å²) in [6.45, 7) is 4.41. The minimum Gasteiger partial charge on any atom is -0.352 e. The van der Waals surface area contributed by atoms with Gasteiger partial charge < -0.3 is 5.32 Å². The van der Waals surface area contributed by atoms with Gasteiger partial charge in [0, 0.05) is 44.1 Å². The Labute approximate surface area is 154 Å². The Morgan fingerprint density at radius 2 is 1.92 bits per heavy atom. The summed E-state index contributed by atoms with van der Waals surface area (Å²) in [6, 6.07) is 8.02. The molecule has 1 fully saturated rings. The van der Waals surface area contributed by atoms with Crippen molar-refractivity contribution in [2.75, 3.05) is 19.6 Å². The maximum absolute atomic E-state index is 12.5. The van der Waals surface area contributed by atoms with Crippen LogP contribution in [0.5, 0.6) is 0 Å². The molecule has 1 amide bonds. The van der Waals surface area contributed by atoms with E-state index in [0.717, 1.165) is 19.4 Å². The van der Waals surface area contributed by atoms with Gasteiger partial charge in [-0.25, -0.2) is 8.42 Å². The number of carbonyl (C=O) groups excluding carboxylic acids is 1. The molecule has 1 atom stereocenters. The Morgan fingerprint density at radius 3 is 2.54 bits per heavy atom. The van der Waals surface area contributed by atoms with E-state index in [1.54, 1.807) is 18.3 Å². The van der Waals surface area contributed by atoms with Gasteiger partial charge in [0.2, 0.25) is 10.0 Å². The van der Waals surface area contributed by atoms with Crippen LogP contribution in [-0.2, 0) is 16.6 Å². The van der Waals surface area contributed by atoms with Crippen LogP contribution in [0.2, 0.25) is 0 Å². The molecule has 0 bridgehead atoms. The van der Waals surface area contributed by atoms with Crippen LogP contribution in [0, 0.1) is 5.92 Å². The van der Waals surface area contributed by atoms with Crippen LogP contribution in [0.15, 0.2) is 47.6 Å². The Bertz CT molecular complexity index is 826. The summed E-state index contributed by atoms with van der Waals surface area (Å²) in [4.78, 5) is 12.5. The zero-order chi connectivity index (χ0) is 18.6. The summed E-state index contributed by atoms with van der Waals surface area (Å²) in [5.41, 5.74) is 0.455. The Hall–Kier alpha value is -2.19. The standard InChI is InChI=1S/C18H24N4O3S/c1-15(14-21-10-4-9-20-21)13-19-18(23)16-5-7-17(8-6-16)26(24,25)22-11-2-3-12-22/h4-10,15H,2-3,11-14H2,1H3,(H,19,23). The molecular weight excluding hydrogens is 352 g/mol. The highest BCUT2D eigenvalue weighted by Crippen LogP contribution is 2.21. The number of carbonyl (C=O) groups is 1. The average Bonchev–Trinajstić information content (AvgIpc) is 3.34. The monoisotopic (exact) mass is 376 g/mol. The molecule has 26 heavy (non-hydrogen) atoms. The highest BCUT2D eigenvalue weighted by atomic mass is 32.2. The van der Waals surface area contributed by atoms with Gasteiger partial charge in [0.1, 0.15) is 0 Å². The second-order valence-electron chi connectivity index (χ2n) is 6.68. The van der Waals surface area contributed by atoms with Gasteiger partial charge in [-0.15, -0.1) is 0 Å². The Kier molecular flexibility index (Phi) is 5.73. The lowest BCUT2D eigenvalue weighted by molar-refractivity contribution is 0.0946. The average molecular weight is 376 g/mol.